The highest BCUT2D eigenvalue weighted by molar-refractivity contribution is 5.05. The van der Waals surface area contributed by atoms with E-state index in [1.54, 1.807) is 0 Å². The van der Waals surface area contributed by atoms with Crippen LogP contribution in [0.25, 0.3) is 0 Å². The Morgan fingerprint density at radius 3 is 2.67 bits per heavy atom. The van der Waals surface area contributed by atoms with Crippen LogP contribution in [0, 0.1) is 22.7 Å². The van der Waals surface area contributed by atoms with Crippen molar-refractivity contribution in [1.82, 2.24) is 5.32 Å². The molecule has 2 heteroatoms. The van der Waals surface area contributed by atoms with Crippen molar-refractivity contribution in [2.24, 2.45) is 11.3 Å². The van der Waals surface area contributed by atoms with Crippen LogP contribution in [0.1, 0.15) is 32.1 Å². The summed E-state index contributed by atoms with van der Waals surface area (Å²) in [6.07, 6.45) is 6.59. The molecule has 1 aliphatic carbocycles. The van der Waals surface area contributed by atoms with Gasteiger partial charge in [0.05, 0.1) is 12.0 Å². The van der Waals surface area contributed by atoms with Gasteiger partial charge in [-0.2, -0.15) is 5.26 Å². The van der Waals surface area contributed by atoms with Crippen LogP contribution in [-0.2, 0) is 0 Å². The zero-order valence-corrected chi connectivity index (χ0v) is 7.47. The predicted octanol–water partition coefficient (Wildman–Crippen LogP) is 1.68. The third kappa shape index (κ3) is 1.13. The molecule has 2 aliphatic rings. The van der Waals surface area contributed by atoms with Crippen LogP contribution in [0.5, 0.6) is 0 Å². The van der Waals surface area contributed by atoms with Crippen molar-refractivity contribution < 1.29 is 0 Å². The molecule has 12 heavy (non-hydrogen) atoms. The molecule has 1 atom stereocenters. The molecule has 66 valence electrons. The van der Waals surface area contributed by atoms with Crippen molar-refractivity contribution in [3.63, 3.8) is 0 Å². The molecule has 0 amide bonds. The minimum Gasteiger partial charge on any atom is -0.315 e. The van der Waals surface area contributed by atoms with Gasteiger partial charge >= 0.3 is 0 Å². The summed E-state index contributed by atoms with van der Waals surface area (Å²) in [5.74, 6) is 0.290. The number of rotatable bonds is 0. The van der Waals surface area contributed by atoms with Crippen LogP contribution in [0.3, 0.4) is 0 Å². The second-order valence-electron chi connectivity index (χ2n) is 4.24. The molecular formula is C10H16N2. The summed E-state index contributed by atoms with van der Waals surface area (Å²) in [6.45, 7) is 2.02. The van der Waals surface area contributed by atoms with Crippen LogP contribution in [-0.4, -0.2) is 13.1 Å². The summed E-state index contributed by atoms with van der Waals surface area (Å²) in [7, 11) is 0. The molecule has 2 rings (SSSR count). The molecule has 0 aromatic heterocycles. The summed E-state index contributed by atoms with van der Waals surface area (Å²) >= 11 is 0. The highest BCUT2D eigenvalue weighted by Crippen LogP contribution is 2.44. The van der Waals surface area contributed by atoms with Crippen molar-refractivity contribution in [3.05, 3.63) is 0 Å². The first-order valence-corrected chi connectivity index (χ1v) is 4.98. The van der Waals surface area contributed by atoms with Gasteiger partial charge in [0, 0.05) is 13.1 Å². The maximum atomic E-state index is 8.99. The molecule has 0 radical (unpaired) electrons. The minimum absolute atomic E-state index is 0.290. The van der Waals surface area contributed by atoms with Gasteiger partial charge in [0.2, 0.25) is 0 Å². The molecule has 1 heterocycles. The molecule has 1 saturated heterocycles. The van der Waals surface area contributed by atoms with Gasteiger partial charge in [-0.05, 0) is 18.3 Å². The average Bonchev–Trinajstić information content (AvgIpc) is 2.49. The quantitative estimate of drug-likeness (QED) is 0.591. The largest absolute Gasteiger partial charge is 0.315 e. The topological polar surface area (TPSA) is 35.8 Å². The normalized spacial score (nSPS) is 33.4. The molecule has 0 bridgehead atoms. The van der Waals surface area contributed by atoms with Crippen LogP contribution < -0.4 is 5.32 Å². The van der Waals surface area contributed by atoms with E-state index in [1.807, 2.05) is 0 Å². The number of hydrogen-bond acceptors (Lipinski definition) is 2. The van der Waals surface area contributed by atoms with Crippen molar-refractivity contribution in [2.45, 2.75) is 32.1 Å². The van der Waals surface area contributed by atoms with E-state index in [9.17, 15) is 0 Å². The van der Waals surface area contributed by atoms with Crippen LogP contribution in [0.2, 0.25) is 0 Å². The van der Waals surface area contributed by atoms with Crippen LogP contribution >= 0.6 is 0 Å². The Balaban J connectivity index is 2.12. The van der Waals surface area contributed by atoms with E-state index in [0.717, 1.165) is 13.1 Å². The van der Waals surface area contributed by atoms with E-state index in [-0.39, 0.29) is 5.92 Å². The molecule has 1 aliphatic heterocycles. The standard InChI is InChI=1S/C10H16N2/c11-6-9-7-12-8-10(9)4-2-1-3-5-10/h9,12H,1-5,7-8H2/t9-/m0/s1. The maximum Gasteiger partial charge on any atom is 0.0675 e. The first-order chi connectivity index (χ1) is 5.87. The lowest BCUT2D eigenvalue weighted by Crippen LogP contribution is -2.31. The van der Waals surface area contributed by atoms with Gasteiger partial charge in [0.1, 0.15) is 0 Å². The van der Waals surface area contributed by atoms with E-state index in [1.165, 1.54) is 32.1 Å². The molecule has 0 unspecified atom stereocenters. The Morgan fingerprint density at radius 1 is 1.25 bits per heavy atom. The van der Waals surface area contributed by atoms with Gasteiger partial charge in [0.25, 0.3) is 0 Å². The lowest BCUT2D eigenvalue weighted by atomic mass is 9.68. The van der Waals surface area contributed by atoms with Crippen molar-refractivity contribution >= 4 is 0 Å². The molecule has 0 aromatic carbocycles. The zero-order valence-electron chi connectivity index (χ0n) is 7.47. The summed E-state index contributed by atoms with van der Waals surface area (Å²) in [4.78, 5) is 0. The smallest absolute Gasteiger partial charge is 0.0675 e. The van der Waals surface area contributed by atoms with Gasteiger partial charge in [-0.25, -0.2) is 0 Å². The first-order valence-electron chi connectivity index (χ1n) is 4.98. The summed E-state index contributed by atoms with van der Waals surface area (Å²) in [5, 5.41) is 12.4. The Labute approximate surface area is 74.0 Å². The second kappa shape index (κ2) is 3.06. The molecule has 1 N–H and O–H groups in total. The van der Waals surface area contributed by atoms with E-state index >= 15 is 0 Å². The van der Waals surface area contributed by atoms with E-state index in [0.29, 0.717) is 5.41 Å². The monoisotopic (exact) mass is 164 g/mol. The third-order valence-electron chi connectivity index (χ3n) is 3.57. The lowest BCUT2D eigenvalue weighted by Gasteiger charge is -2.34. The minimum atomic E-state index is 0.290. The fourth-order valence-electron chi connectivity index (χ4n) is 2.77. The Kier molecular flexibility index (Phi) is 2.06. The fourth-order valence-corrected chi connectivity index (χ4v) is 2.77. The Bertz CT molecular complexity index is 198. The predicted molar refractivity (Wildman–Crippen MR) is 47.5 cm³/mol. The van der Waals surface area contributed by atoms with Crippen LogP contribution in [0.15, 0.2) is 0 Å². The molecule has 2 nitrogen and oxygen atoms in total. The van der Waals surface area contributed by atoms with Gasteiger partial charge in [-0.1, -0.05) is 19.3 Å². The molecular weight excluding hydrogens is 148 g/mol. The zero-order chi connectivity index (χ0) is 8.44. The first kappa shape index (κ1) is 8.07. The third-order valence-corrected chi connectivity index (χ3v) is 3.57. The molecule has 1 saturated carbocycles. The van der Waals surface area contributed by atoms with Crippen molar-refractivity contribution in [1.29, 1.82) is 5.26 Å². The Hall–Kier alpha value is -0.550. The van der Waals surface area contributed by atoms with Crippen LogP contribution in [0.4, 0.5) is 0 Å². The number of nitrogens with one attached hydrogen (secondary N) is 1. The summed E-state index contributed by atoms with van der Waals surface area (Å²) in [5.41, 5.74) is 0.368. The second-order valence-corrected chi connectivity index (χ2v) is 4.24. The van der Waals surface area contributed by atoms with Gasteiger partial charge in [0.15, 0.2) is 0 Å². The number of nitrogens with zero attached hydrogens (tertiary/aromatic N) is 1. The van der Waals surface area contributed by atoms with Gasteiger partial charge < -0.3 is 5.32 Å². The van der Waals surface area contributed by atoms with E-state index in [2.05, 4.69) is 11.4 Å². The molecule has 2 fully saturated rings. The SMILES string of the molecule is N#C[C@H]1CNCC12CCCCC2. The lowest BCUT2D eigenvalue weighted by molar-refractivity contribution is 0.179. The Morgan fingerprint density at radius 2 is 2.00 bits per heavy atom. The van der Waals surface area contributed by atoms with E-state index < -0.39 is 0 Å². The molecule has 0 aromatic rings. The fraction of sp³-hybridized carbons (Fsp3) is 0.900. The number of hydrogen-bond donors (Lipinski definition) is 1. The van der Waals surface area contributed by atoms with Crippen molar-refractivity contribution in [3.8, 4) is 6.07 Å². The summed E-state index contributed by atoms with van der Waals surface area (Å²) < 4.78 is 0. The van der Waals surface area contributed by atoms with Gasteiger partial charge in [-0.15, -0.1) is 0 Å². The molecule has 1 spiro atoms. The van der Waals surface area contributed by atoms with E-state index in [4.69, 9.17) is 5.26 Å². The highest BCUT2D eigenvalue weighted by atomic mass is 14.9. The average molecular weight is 164 g/mol. The maximum absolute atomic E-state index is 8.99. The highest BCUT2D eigenvalue weighted by Gasteiger charge is 2.43. The number of nitriles is 1. The van der Waals surface area contributed by atoms with Crippen molar-refractivity contribution in [2.75, 3.05) is 13.1 Å². The summed E-state index contributed by atoms with van der Waals surface area (Å²) in [6, 6.07) is 2.46. The van der Waals surface area contributed by atoms with Gasteiger partial charge in [-0.3, -0.25) is 0 Å².